The first-order chi connectivity index (χ1) is 10.1. The first-order valence-electron chi connectivity index (χ1n) is 7.75. The van der Waals surface area contributed by atoms with Gasteiger partial charge in [0.05, 0.1) is 11.7 Å². The SMILES string of the molecule is CC(C)CCNC(=O)c1ccc(NCC2CCCO2)nc1. The summed E-state index contributed by atoms with van der Waals surface area (Å²) in [6.45, 7) is 6.61. The summed E-state index contributed by atoms with van der Waals surface area (Å²) in [6, 6.07) is 3.64. The van der Waals surface area contributed by atoms with Crippen LogP contribution in [0.15, 0.2) is 18.3 Å². The highest BCUT2D eigenvalue weighted by molar-refractivity contribution is 5.94. The smallest absolute Gasteiger partial charge is 0.252 e. The minimum absolute atomic E-state index is 0.0613. The number of hydrogen-bond acceptors (Lipinski definition) is 4. The van der Waals surface area contributed by atoms with Gasteiger partial charge in [-0.3, -0.25) is 4.79 Å². The van der Waals surface area contributed by atoms with Crippen molar-refractivity contribution < 1.29 is 9.53 Å². The van der Waals surface area contributed by atoms with Crippen molar-refractivity contribution in [3.05, 3.63) is 23.9 Å². The van der Waals surface area contributed by atoms with E-state index in [-0.39, 0.29) is 12.0 Å². The van der Waals surface area contributed by atoms with Crippen molar-refractivity contribution in [1.82, 2.24) is 10.3 Å². The van der Waals surface area contributed by atoms with Crippen molar-refractivity contribution in [3.8, 4) is 0 Å². The van der Waals surface area contributed by atoms with Gasteiger partial charge in [0, 0.05) is 25.9 Å². The summed E-state index contributed by atoms with van der Waals surface area (Å²) in [5.41, 5.74) is 0.599. The Labute approximate surface area is 126 Å². The van der Waals surface area contributed by atoms with Gasteiger partial charge in [-0.05, 0) is 37.3 Å². The van der Waals surface area contributed by atoms with Crippen molar-refractivity contribution in [1.29, 1.82) is 0 Å². The average Bonchev–Trinajstić information content (AvgIpc) is 2.98. The van der Waals surface area contributed by atoms with Crippen LogP contribution in [0.25, 0.3) is 0 Å². The van der Waals surface area contributed by atoms with Crippen LogP contribution in [-0.4, -0.2) is 36.7 Å². The van der Waals surface area contributed by atoms with Crippen LogP contribution in [0.3, 0.4) is 0 Å². The van der Waals surface area contributed by atoms with E-state index in [4.69, 9.17) is 4.74 Å². The van der Waals surface area contributed by atoms with Crippen molar-refractivity contribution in [2.75, 3.05) is 25.0 Å². The molecular formula is C16H25N3O2. The van der Waals surface area contributed by atoms with Gasteiger partial charge in [0.25, 0.3) is 5.91 Å². The van der Waals surface area contributed by atoms with E-state index < -0.39 is 0 Å². The highest BCUT2D eigenvalue weighted by Crippen LogP contribution is 2.13. The molecule has 2 heterocycles. The molecule has 1 fully saturated rings. The maximum atomic E-state index is 11.9. The summed E-state index contributed by atoms with van der Waals surface area (Å²) in [5, 5.41) is 6.15. The summed E-state index contributed by atoms with van der Waals surface area (Å²) < 4.78 is 5.55. The molecule has 5 heteroatoms. The fourth-order valence-corrected chi connectivity index (χ4v) is 2.23. The number of rotatable bonds is 7. The molecule has 1 aliphatic heterocycles. The normalized spacial score (nSPS) is 18.0. The number of ether oxygens (including phenoxy) is 1. The molecule has 5 nitrogen and oxygen atoms in total. The molecule has 2 N–H and O–H groups in total. The molecule has 1 aromatic heterocycles. The van der Waals surface area contributed by atoms with E-state index in [1.54, 1.807) is 12.3 Å². The molecular weight excluding hydrogens is 266 g/mol. The summed E-state index contributed by atoms with van der Waals surface area (Å²) in [7, 11) is 0. The number of aromatic nitrogens is 1. The van der Waals surface area contributed by atoms with Gasteiger partial charge in [-0.25, -0.2) is 4.98 Å². The van der Waals surface area contributed by atoms with E-state index in [0.29, 0.717) is 18.0 Å². The number of amides is 1. The molecule has 116 valence electrons. The molecule has 0 saturated carbocycles. The van der Waals surface area contributed by atoms with Gasteiger partial charge >= 0.3 is 0 Å². The lowest BCUT2D eigenvalue weighted by Crippen LogP contribution is -2.25. The van der Waals surface area contributed by atoms with Gasteiger partial charge in [0.15, 0.2) is 0 Å². The van der Waals surface area contributed by atoms with Gasteiger partial charge in [-0.1, -0.05) is 13.8 Å². The Bertz CT molecular complexity index is 439. The van der Waals surface area contributed by atoms with E-state index >= 15 is 0 Å². The average molecular weight is 291 g/mol. The monoisotopic (exact) mass is 291 g/mol. The number of nitrogens with one attached hydrogen (secondary N) is 2. The number of pyridine rings is 1. The predicted octanol–water partition coefficient (Wildman–Crippen LogP) is 2.45. The zero-order chi connectivity index (χ0) is 15.1. The van der Waals surface area contributed by atoms with Crippen LogP contribution in [0.4, 0.5) is 5.82 Å². The quantitative estimate of drug-likeness (QED) is 0.810. The van der Waals surface area contributed by atoms with Crippen LogP contribution in [0.2, 0.25) is 0 Å². The van der Waals surface area contributed by atoms with Gasteiger partial charge in [0.1, 0.15) is 5.82 Å². The van der Waals surface area contributed by atoms with E-state index in [1.807, 2.05) is 6.07 Å². The summed E-state index contributed by atoms with van der Waals surface area (Å²) in [4.78, 5) is 16.2. The van der Waals surface area contributed by atoms with Crippen LogP contribution in [-0.2, 0) is 4.74 Å². The summed E-state index contributed by atoms with van der Waals surface area (Å²) in [5.74, 6) is 1.31. The highest BCUT2D eigenvalue weighted by atomic mass is 16.5. The molecule has 1 aliphatic rings. The second-order valence-corrected chi connectivity index (χ2v) is 5.89. The van der Waals surface area contributed by atoms with Gasteiger partial charge in [0.2, 0.25) is 0 Å². The number of carbonyl (C=O) groups is 1. The Kier molecular flexibility index (Phi) is 5.99. The van der Waals surface area contributed by atoms with Gasteiger partial charge < -0.3 is 15.4 Å². The number of carbonyl (C=O) groups excluding carboxylic acids is 1. The van der Waals surface area contributed by atoms with Gasteiger partial charge in [-0.15, -0.1) is 0 Å². The molecule has 0 bridgehead atoms. The largest absolute Gasteiger partial charge is 0.376 e. The van der Waals surface area contributed by atoms with Gasteiger partial charge in [-0.2, -0.15) is 0 Å². The third-order valence-corrected chi connectivity index (χ3v) is 3.57. The lowest BCUT2D eigenvalue weighted by molar-refractivity contribution is 0.0951. The molecule has 1 unspecified atom stereocenters. The van der Waals surface area contributed by atoms with E-state index in [9.17, 15) is 4.79 Å². The Balaban J connectivity index is 1.76. The third-order valence-electron chi connectivity index (χ3n) is 3.57. The minimum atomic E-state index is -0.0613. The fraction of sp³-hybridized carbons (Fsp3) is 0.625. The standard InChI is InChI=1S/C16H25N3O2/c1-12(2)7-8-17-16(20)13-5-6-15(18-10-13)19-11-14-4-3-9-21-14/h5-6,10,12,14H,3-4,7-9,11H2,1-2H3,(H,17,20)(H,18,19). The van der Waals surface area contributed by atoms with Crippen LogP contribution in [0, 0.1) is 5.92 Å². The molecule has 2 rings (SSSR count). The number of hydrogen-bond donors (Lipinski definition) is 2. The maximum Gasteiger partial charge on any atom is 0.252 e. The zero-order valence-electron chi connectivity index (χ0n) is 12.9. The fourth-order valence-electron chi connectivity index (χ4n) is 2.23. The maximum absolute atomic E-state index is 11.9. The molecule has 1 atom stereocenters. The van der Waals surface area contributed by atoms with Crippen LogP contribution < -0.4 is 10.6 Å². The lowest BCUT2D eigenvalue weighted by atomic mass is 10.1. The minimum Gasteiger partial charge on any atom is -0.376 e. The molecule has 0 radical (unpaired) electrons. The summed E-state index contributed by atoms with van der Waals surface area (Å²) in [6.07, 6.45) is 5.12. The zero-order valence-corrected chi connectivity index (χ0v) is 12.9. The Hall–Kier alpha value is -1.62. The molecule has 1 amide bonds. The third kappa shape index (κ3) is 5.34. The van der Waals surface area contributed by atoms with Crippen molar-refractivity contribution in [3.63, 3.8) is 0 Å². The Morgan fingerprint density at radius 2 is 2.33 bits per heavy atom. The Morgan fingerprint density at radius 1 is 1.48 bits per heavy atom. The summed E-state index contributed by atoms with van der Waals surface area (Å²) >= 11 is 0. The highest BCUT2D eigenvalue weighted by Gasteiger charge is 2.15. The second-order valence-electron chi connectivity index (χ2n) is 5.89. The second kappa shape index (κ2) is 7.98. The molecule has 0 aliphatic carbocycles. The van der Waals surface area contributed by atoms with Crippen LogP contribution in [0.1, 0.15) is 43.5 Å². The van der Waals surface area contributed by atoms with Crippen molar-refractivity contribution in [2.24, 2.45) is 5.92 Å². The first-order valence-corrected chi connectivity index (χ1v) is 7.75. The number of nitrogens with zero attached hydrogens (tertiary/aromatic N) is 1. The topological polar surface area (TPSA) is 63.2 Å². The first kappa shape index (κ1) is 15.8. The van der Waals surface area contributed by atoms with E-state index in [2.05, 4.69) is 29.5 Å². The number of anilines is 1. The molecule has 1 saturated heterocycles. The lowest BCUT2D eigenvalue weighted by Gasteiger charge is -2.11. The molecule has 1 aromatic rings. The molecule has 21 heavy (non-hydrogen) atoms. The molecule has 0 spiro atoms. The Morgan fingerprint density at radius 3 is 2.95 bits per heavy atom. The van der Waals surface area contributed by atoms with E-state index in [1.165, 1.54) is 0 Å². The van der Waals surface area contributed by atoms with Crippen LogP contribution in [0.5, 0.6) is 0 Å². The van der Waals surface area contributed by atoms with Crippen LogP contribution >= 0.6 is 0 Å². The van der Waals surface area contributed by atoms with E-state index in [0.717, 1.165) is 38.2 Å². The predicted molar refractivity (Wildman–Crippen MR) is 83.5 cm³/mol. The van der Waals surface area contributed by atoms with Crippen molar-refractivity contribution >= 4 is 11.7 Å². The molecule has 0 aromatic carbocycles. The van der Waals surface area contributed by atoms with Crippen molar-refractivity contribution in [2.45, 2.75) is 39.2 Å².